The molecule has 5 heteroatoms. The van der Waals surface area contributed by atoms with Crippen LogP contribution in [-0.4, -0.2) is 15.5 Å². The fourth-order valence-corrected chi connectivity index (χ4v) is 3.81. The van der Waals surface area contributed by atoms with E-state index in [1.807, 2.05) is 6.07 Å². The van der Waals surface area contributed by atoms with Crippen LogP contribution in [0, 0.1) is 11.3 Å². The third kappa shape index (κ3) is 3.29. The Balaban J connectivity index is 2.36. The van der Waals surface area contributed by atoms with Gasteiger partial charge in [0.25, 0.3) is 0 Å². The summed E-state index contributed by atoms with van der Waals surface area (Å²) >= 11 is 0. The highest BCUT2D eigenvalue weighted by Gasteiger charge is 2.26. The molecule has 0 spiro atoms. The van der Waals surface area contributed by atoms with Crippen LogP contribution >= 0.6 is 0 Å². The Morgan fingerprint density at radius 3 is 2.45 bits per heavy atom. The van der Waals surface area contributed by atoms with Crippen LogP contribution in [0.15, 0.2) is 48.5 Å². The second-order valence-electron chi connectivity index (χ2n) is 4.96. The number of methoxy groups -OCH3 is 1. The molecule has 0 aromatic heterocycles. The number of sulfone groups is 1. The van der Waals surface area contributed by atoms with Gasteiger partial charge in [0.1, 0.15) is 5.75 Å². The molecule has 114 valence electrons. The lowest BCUT2D eigenvalue weighted by Crippen LogP contribution is -2.14. The van der Waals surface area contributed by atoms with E-state index in [9.17, 15) is 8.42 Å². The van der Waals surface area contributed by atoms with Crippen LogP contribution in [0.25, 0.3) is 0 Å². The Labute approximate surface area is 130 Å². The highest BCUT2D eigenvalue weighted by molar-refractivity contribution is 7.90. The number of hydrogen-bond acceptors (Lipinski definition) is 4. The maximum Gasteiger partial charge on any atom is 0.161 e. The minimum absolute atomic E-state index is 0.171. The van der Waals surface area contributed by atoms with Gasteiger partial charge in [0.2, 0.25) is 0 Å². The lowest BCUT2D eigenvalue weighted by atomic mass is 10.1. The van der Waals surface area contributed by atoms with E-state index in [0.29, 0.717) is 22.4 Å². The second kappa shape index (κ2) is 6.63. The van der Waals surface area contributed by atoms with Crippen LogP contribution in [0.2, 0.25) is 0 Å². The van der Waals surface area contributed by atoms with E-state index in [1.165, 1.54) is 7.11 Å². The molecule has 0 heterocycles. The summed E-state index contributed by atoms with van der Waals surface area (Å²) in [6.07, 6.45) is 0. The van der Waals surface area contributed by atoms with Crippen LogP contribution in [0.3, 0.4) is 0 Å². The first-order valence-corrected chi connectivity index (χ1v) is 8.53. The van der Waals surface area contributed by atoms with Crippen molar-refractivity contribution in [3.8, 4) is 11.8 Å². The zero-order valence-electron chi connectivity index (χ0n) is 12.5. The van der Waals surface area contributed by atoms with Crippen molar-refractivity contribution in [2.75, 3.05) is 7.11 Å². The quantitative estimate of drug-likeness (QED) is 0.849. The summed E-state index contributed by atoms with van der Waals surface area (Å²) < 4.78 is 30.6. The summed E-state index contributed by atoms with van der Waals surface area (Å²) in [7, 11) is -1.95. The maximum absolute atomic E-state index is 12.7. The molecule has 0 saturated heterocycles. The fourth-order valence-electron chi connectivity index (χ4n) is 2.29. The van der Waals surface area contributed by atoms with Gasteiger partial charge in [-0.3, -0.25) is 0 Å². The van der Waals surface area contributed by atoms with Crippen LogP contribution in [-0.2, 0) is 15.6 Å². The zero-order chi connectivity index (χ0) is 16.2. The van der Waals surface area contributed by atoms with Crippen LogP contribution in [0.4, 0.5) is 0 Å². The molecule has 0 aliphatic carbocycles. The first-order chi connectivity index (χ1) is 10.5. The molecule has 2 aromatic carbocycles. The number of hydrogen-bond donors (Lipinski definition) is 0. The van der Waals surface area contributed by atoms with Crippen molar-refractivity contribution in [3.63, 3.8) is 0 Å². The van der Waals surface area contributed by atoms with Crippen molar-refractivity contribution in [1.29, 1.82) is 5.26 Å². The van der Waals surface area contributed by atoms with Crippen molar-refractivity contribution < 1.29 is 13.2 Å². The van der Waals surface area contributed by atoms with Gasteiger partial charge in [-0.1, -0.05) is 36.4 Å². The van der Waals surface area contributed by atoms with Gasteiger partial charge in [0, 0.05) is 5.56 Å². The number of rotatable bonds is 5. The highest BCUT2D eigenvalue weighted by Crippen LogP contribution is 2.32. The monoisotopic (exact) mass is 315 g/mol. The van der Waals surface area contributed by atoms with E-state index in [2.05, 4.69) is 0 Å². The normalized spacial score (nSPS) is 12.4. The molecule has 2 aromatic rings. The van der Waals surface area contributed by atoms with E-state index in [1.54, 1.807) is 55.5 Å². The molecule has 0 aliphatic heterocycles. The zero-order valence-corrected chi connectivity index (χ0v) is 13.3. The largest absolute Gasteiger partial charge is 0.496 e. The van der Waals surface area contributed by atoms with Gasteiger partial charge in [0.15, 0.2) is 9.84 Å². The topological polar surface area (TPSA) is 67.2 Å². The highest BCUT2D eigenvalue weighted by atomic mass is 32.2. The van der Waals surface area contributed by atoms with Gasteiger partial charge >= 0.3 is 0 Å². The summed E-state index contributed by atoms with van der Waals surface area (Å²) in [5.41, 5.74) is 1.53. The number of nitrogens with zero attached hydrogens (tertiary/aromatic N) is 1. The summed E-state index contributed by atoms with van der Waals surface area (Å²) in [5, 5.41) is 8.38. The molecule has 4 nitrogen and oxygen atoms in total. The Morgan fingerprint density at radius 2 is 1.77 bits per heavy atom. The molecule has 0 saturated carbocycles. The molecule has 22 heavy (non-hydrogen) atoms. The minimum Gasteiger partial charge on any atom is -0.496 e. The molecule has 1 atom stereocenters. The first kappa shape index (κ1) is 16.1. The SMILES string of the molecule is COc1ccccc1C(C)S(=O)(=O)Cc1ccccc1C#N. The summed E-state index contributed by atoms with van der Waals surface area (Å²) in [4.78, 5) is 0. The van der Waals surface area contributed by atoms with Crippen molar-refractivity contribution >= 4 is 9.84 Å². The molecule has 0 aliphatic rings. The molecular weight excluding hydrogens is 298 g/mol. The third-order valence-corrected chi connectivity index (χ3v) is 5.65. The minimum atomic E-state index is -3.46. The Morgan fingerprint density at radius 1 is 1.14 bits per heavy atom. The summed E-state index contributed by atoms with van der Waals surface area (Å²) in [6.45, 7) is 1.64. The first-order valence-electron chi connectivity index (χ1n) is 6.82. The molecule has 2 rings (SSSR count). The predicted molar refractivity (Wildman–Crippen MR) is 85.2 cm³/mol. The average molecular weight is 315 g/mol. The average Bonchev–Trinajstić information content (AvgIpc) is 2.54. The van der Waals surface area contributed by atoms with E-state index < -0.39 is 15.1 Å². The van der Waals surface area contributed by atoms with Crippen LogP contribution < -0.4 is 4.74 Å². The second-order valence-corrected chi connectivity index (χ2v) is 7.28. The van der Waals surface area contributed by atoms with E-state index in [0.717, 1.165) is 0 Å². The number of ether oxygens (including phenoxy) is 1. The van der Waals surface area contributed by atoms with Crippen molar-refractivity contribution in [3.05, 3.63) is 65.2 Å². The van der Waals surface area contributed by atoms with Crippen LogP contribution in [0.5, 0.6) is 5.75 Å². The summed E-state index contributed by atoms with van der Waals surface area (Å²) in [6, 6.07) is 15.9. The number of benzene rings is 2. The lowest BCUT2D eigenvalue weighted by Gasteiger charge is -2.16. The molecule has 0 bridgehead atoms. The molecular formula is C17H17NO3S. The smallest absolute Gasteiger partial charge is 0.161 e. The Hall–Kier alpha value is -2.32. The van der Waals surface area contributed by atoms with E-state index in [-0.39, 0.29) is 5.75 Å². The summed E-state index contributed by atoms with van der Waals surface area (Å²) in [5.74, 6) is 0.378. The van der Waals surface area contributed by atoms with Crippen molar-refractivity contribution in [1.82, 2.24) is 0 Å². The molecule has 0 fully saturated rings. The van der Waals surface area contributed by atoms with Gasteiger partial charge in [-0.15, -0.1) is 0 Å². The predicted octanol–water partition coefficient (Wildman–Crippen LogP) is 3.24. The Kier molecular flexibility index (Phi) is 4.84. The van der Waals surface area contributed by atoms with E-state index >= 15 is 0 Å². The standard InChI is InChI=1S/C17H17NO3S/c1-13(16-9-5-6-10-17(16)21-2)22(19,20)12-15-8-4-3-7-14(15)11-18/h3-10,13H,12H2,1-2H3. The molecule has 1 unspecified atom stereocenters. The van der Waals surface area contributed by atoms with Gasteiger partial charge in [0.05, 0.1) is 29.7 Å². The van der Waals surface area contributed by atoms with E-state index in [4.69, 9.17) is 10.00 Å². The van der Waals surface area contributed by atoms with Gasteiger partial charge in [-0.05, 0) is 24.6 Å². The van der Waals surface area contributed by atoms with Gasteiger partial charge < -0.3 is 4.74 Å². The molecule has 0 radical (unpaired) electrons. The number of para-hydroxylation sites is 1. The fraction of sp³-hybridized carbons (Fsp3) is 0.235. The Bertz CT molecular complexity index is 807. The van der Waals surface area contributed by atoms with Gasteiger partial charge in [-0.25, -0.2) is 8.42 Å². The van der Waals surface area contributed by atoms with Crippen molar-refractivity contribution in [2.45, 2.75) is 17.9 Å². The number of nitriles is 1. The molecule has 0 N–H and O–H groups in total. The maximum atomic E-state index is 12.7. The lowest BCUT2D eigenvalue weighted by molar-refractivity contribution is 0.409. The van der Waals surface area contributed by atoms with Crippen LogP contribution in [0.1, 0.15) is 28.9 Å². The van der Waals surface area contributed by atoms with Crippen molar-refractivity contribution in [2.24, 2.45) is 0 Å². The third-order valence-electron chi connectivity index (χ3n) is 3.61. The molecule has 0 amide bonds. The van der Waals surface area contributed by atoms with Gasteiger partial charge in [-0.2, -0.15) is 5.26 Å².